The van der Waals surface area contributed by atoms with E-state index >= 15 is 0 Å². The summed E-state index contributed by atoms with van der Waals surface area (Å²) >= 11 is 1.06. The molecule has 33 heavy (non-hydrogen) atoms. The summed E-state index contributed by atoms with van der Waals surface area (Å²) in [5.74, 6) is -0.284. The predicted molar refractivity (Wildman–Crippen MR) is 123 cm³/mol. The van der Waals surface area contributed by atoms with Gasteiger partial charge in [-0.15, -0.1) is 0 Å². The Balaban J connectivity index is 1.53. The van der Waals surface area contributed by atoms with Gasteiger partial charge in [-0.3, -0.25) is 19.1 Å². The number of aryl methyl sites for hydroxylation is 1. The molecule has 1 aliphatic rings. The molecule has 170 valence electrons. The number of carbonyl (C=O) groups excluding carboxylic acids is 2. The molecule has 9 heteroatoms. The second-order valence-electron chi connectivity index (χ2n) is 7.62. The largest absolute Gasteiger partial charge is 0.456 e. The molecule has 0 saturated carbocycles. The molecule has 0 aliphatic carbocycles. The first kappa shape index (κ1) is 22.8. The normalized spacial score (nSPS) is 19.8. The number of nitrogens with one attached hydrogen (secondary N) is 1. The lowest BCUT2D eigenvalue weighted by Crippen LogP contribution is -2.33. The summed E-state index contributed by atoms with van der Waals surface area (Å²) in [5, 5.41) is -0.132. The Morgan fingerprint density at radius 3 is 2.36 bits per heavy atom. The highest BCUT2D eigenvalue weighted by molar-refractivity contribution is 8.14. The van der Waals surface area contributed by atoms with Crippen molar-refractivity contribution in [3.63, 3.8) is 0 Å². The monoisotopic (exact) mass is 466 g/mol. The number of ether oxygens (including phenoxy) is 2. The van der Waals surface area contributed by atoms with Crippen LogP contribution in [0.2, 0.25) is 0 Å². The van der Waals surface area contributed by atoms with Crippen molar-refractivity contribution in [1.82, 2.24) is 9.55 Å². The van der Waals surface area contributed by atoms with Gasteiger partial charge in [-0.05, 0) is 19.1 Å². The Morgan fingerprint density at radius 2 is 1.70 bits per heavy atom. The molecule has 4 rings (SSSR count). The van der Waals surface area contributed by atoms with Crippen LogP contribution in [0.1, 0.15) is 38.9 Å². The van der Waals surface area contributed by atoms with Gasteiger partial charge in [-0.25, -0.2) is 9.59 Å². The first-order chi connectivity index (χ1) is 15.9. The fourth-order valence-corrected chi connectivity index (χ4v) is 4.45. The standard InChI is InChI=1S/C24H22N2O6S/c1-15-13-26(24(30)25-21(15)27)20-12-18(32-22(28)16-8-4-2-5-9-16)19(31-20)14-33-23(29)17-10-6-3-7-11-17/h2-11,13,18-20H,12,14H2,1H3,(H,25,27,30). The molecule has 0 radical (unpaired) electrons. The van der Waals surface area contributed by atoms with Crippen LogP contribution in [0.4, 0.5) is 0 Å². The molecule has 3 atom stereocenters. The summed E-state index contributed by atoms with van der Waals surface area (Å²) in [4.78, 5) is 51.5. The van der Waals surface area contributed by atoms with E-state index in [1.165, 1.54) is 10.8 Å². The molecule has 1 aliphatic heterocycles. The average molecular weight is 467 g/mol. The number of hydrogen-bond donors (Lipinski definition) is 1. The Morgan fingerprint density at radius 1 is 1.06 bits per heavy atom. The van der Waals surface area contributed by atoms with Gasteiger partial charge in [0.1, 0.15) is 18.4 Å². The molecule has 3 unspecified atom stereocenters. The van der Waals surface area contributed by atoms with Crippen LogP contribution in [-0.2, 0) is 9.47 Å². The molecule has 0 amide bonds. The average Bonchev–Trinajstić information content (AvgIpc) is 3.23. The lowest BCUT2D eigenvalue weighted by molar-refractivity contribution is -0.0186. The summed E-state index contributed by atoms with van der Waals surface area (Å²) in [6.45, 7) is 1.59. The van der Waals surface area contributed by atoms with Crippen LogP contribution in [0.5, 0.6) is 0 Å². The number of aromatic nitrogens is 2. The van der Waals surface area contributed by atoms with E-state index in [0.29, 0.717) is 16.7 Å². The predicted octanol–water partition coefficient (Wildman–Crippen LogP) is 2.93. The Bertz CT molecular complexity index is 1260. The SMILES string of the molecule is Cc1cn(C2CC(OC(=O)c3ccccc3)C(CSC(=O)c3ccccc3)O2)c(=O)[nH]c1=O. The van der Waals surface area contributed by atoms with Gasteiger partial charge in [0, 0.05) is 29.5 Å². The zero-order chi connectivity index (χ0) is 23.4. The summed E-state index contributed by atoms with van der Waals surface area (Å²) in [7, 11) is 0. The summed E-state index contributed by atoms with van der Waals surface area (Å²) in [6.07, 6.45) is -0.433. The van der Waals surface area contributed by atoms with Gasteiger partial charge in [0.15, 0.2) is 0 Å². The number of aromatic amines is 1. The van der Waals surface area contributed by atoms with Crippen LogP contribution < -0.4 is 11.2 Å². The maximum atomic E-state index is 12.6. The molecular formula is C24H22N2O6S. The van der Waals surface area contributed by atoms with Gasteiger partial charge in [-0.2, -0.15) is 0 Å². The van der Waals surface area contributed by atoms with E-state index in [9.17, 15) is 19.2 Å². The van der Waals surface area contributed by atoms with E-state index in [1.54, 1.807) is 61.5 Å². The van der Waals surface area contributed by atoms with Crippen LogP contribution >= 0.6 is 11.8 Å². The highest BCUT2D eigenvalue weighted by atomic mass is 32.2. The summed E-state index contributed by atoms with van der Waals surface area (Å²) in [5.41, 5.74) is 0.222. The van der Waals surface area contributed by atoms with Gasteiger partial charge >= 0.3 is 11.7 Å². The van der Waals surface area contributed by atoms with Gasteiger partial charge in [-0.1, -0.05) is 60.3 Å². The second kappa shape index (κ2) is 10.0. The van der Waals surface area contributed by atoms with Crippen LogP contribution in [0, 0.1) is 6.92 Å². The quantitative estimate of drug-likeness (QED) is 0.557. The number of nitrogens with zero attached hydrogens (tertiary/aromatic N) is 1. The topological polar surface area (TPSA) is 107 Å². The van der Waals surface area contributed by atoms with E-state index in [2.05, 4.69) is 4.98 Å². The van der Waals surface area contributed by atoms with Crippen molar-refractivity contribution in [3.05, 3.63) is 104 Å². The first-order valence-electron chi connectivity index (χ1n) is 10.4. The lowest BCUT2D eigenvalue weighted by atomic mass is 10.2. The van der Waals surface area contributed by atoms with Gasteiger partial charge in [0.05, 0.1) is 5.56 Å². The highest BCUT2D eigenvalue weighted by Gasteiger charge is 2.40. The third-order valence-electron chi connectivity index (χ3n) is 5.29. The number of carbonyl (C=O) groups is 2. The van der Waals surface area contributed by atoms with Crippen LogP contribution in [0.3, 0.4) is 0 Å². The van der Waals surface area contributed by atoms with Crippen molar-refractivity contribution < 1.29 is 19.1 Å². The van der Waals surface area contributed by atoms with Crippen LogP contribution in [0.25, 0.3) is 0 Å². The molecular weight excluding hydrogens is 444 g/mol. The molecule has 3 aromatic rings. The van der Waals surface area contributed by atoms with Crippen molar-refractivity contribution in [1.29, 1.82) is 0 Å². The third kappa shape index (κ3) is 5.32. The Kier molecular flexibility index (Phi) is 6.90. The van der Waals surface area contributed by atoms with Crippen molar-refractivity contribution in [2.24, 2.45) is 0 Å². The number of rotatable bonds is 6. The van der Waals surface area contributed by atoms with E-state index in [0.717, 1.165) is 11.8 Å². The Hall–Kier alpha value is -3.43. The Labute approximate surface area is 193 Å². The maximum absolute atomic E-state index is 12.6. The number of H-pyrrole nitrogens is 1. The maximum Gasteiger partial charge on any atom is 0.338 e. The van der Waals surface area contributed by atoms with Gasteiger partial charge in [0.25, 0.3) is 5.56 Å². The molecule has 8 nitrogen and oxygen atoms in total. The number of benzene rings is 2. The zero-order valence-corrected chi connectivity index (χ0v) is 18.6. The minimum Gasteiger partial charge on any atom is -0.456 e. The van der Waals surface area contributed by atoms with E-state index in [4.69, 9.17) is 9.47 Å². The van der Waals surface area contributed by atoms with Crippen LogP contribution in [0.15, 0.2) is 76.4 Å². The van der Waals surface area contributed by atoms with E-state index in [1.807, 2.05) is 6.07 Å². The van der Waals surface area contributed by atoms with Gasteiger partial charge < -0.3 is 9.47 Å². The number of esters is 1. The molecule has 1 N–H and O–H groups in total. The first-order valence-corrected chi connectivity index (χ1v) is 11.4. The number of hydrogen-bond acceptors (Lipinski definition) is 7. The molecule has 1 saturated heterocycles. The van der Waals surface area contributed by atoms with Crippen molar-refractivity contribution >= 4 is 22.8 Å². The minimum absolute atomic E-state index is 0.132. The van der Waals surface area contributed by atoms with Crippen molar-refractivity contribution in [2.45, 2.75) is 31.8 Å². The van der Waals surface area contributed by atoms with E-state index in [-0.39, 0.29) is 17.3 Å². The van der Waals surface area contributed by atoms with Crippen molar-refractivity contribution in [2.75, 3.05) is 5.75 Å². The zero-order valence-electron chi connectivity index (χ0n) is 17.8. The molecule has 0 bridgehead atoms. The second-order valence-corrected chi connectivity index (χ2v) is 8.61. The highest BCUT2D eigenvalue weighted by Crippen LogP contribution is 2.33. The fourth-order valence-electron chi connectivity index (χ4n) is 3.54. The molecule has 2 aromatic carbocycles. The molecule has 0 spiro atoms. The number of thioether (sulfide) groups is 1. The third-order valence-corrected chi connectivity index (χ3v) is 6.29. The summed E-state index contributed by atoms with van der Waals surface area (Å²) in [6, 6.07) is 17.4. The fraction of sp³-hybridized carbons (Fsp3) is 0.250. The van der Waals surface area contributed by atoms with Crippen molar-refractivity contribution in [3.8, 4) is 0 Å². The minimum atomic E-state index is -0.751. The van der Waals surface area contributed by atoms with Gasteiger partial charge in [0.2, 0.25) is 5.12 Å². The smallest absolute Gasteiger partial charge is 0.338 e. The molecule has 1 aromatic heterocycles. The molecule has 1 fully saturated rings. The summed E-state index contributed by atoms with van der Waals surface area (Å²) < 4.78 is 13.0. The van der Waals surface area contributed by atoms with E-state index < -0.39 is 35.7 Å². The lowest BCUT2D eigenvalue weighted by Gasteiger charge is -2.18. The van der Waals surface area contributed by atoms with Crippen LogP contribution in [-0.4, -0.2) is 38.6 Å². The molecule has 2 heterocycles.